The molecule has 0 aromatic heterocycles. The normalized spacial score (nSPS) is 25.1. The summed E-state index contributed by atoms with van der Waals surface area (Å²) in [6.45, 7) is 2.07. The molecule has 3 rings (SSSR count). The van der Waals surface area contributed by atoms with E-state index in [-0.39, 0.29) is 11.6 Å². The highest BCUT2D eigenvalue weighted by Gasteiger charge is 2.28. The van der Waals surface area contributed by atoms with Gasteiger partial charge >= 0.3 is 0 Å². The third-order valence-corrected chi connectivity index (χ3v) is 4.60. The maximum atomic E-state index is 6.40. The summed E-state index contributed by atoms with van der Waals surface area (Å²) in [5, 5.41) is 0. The van der Waals surface area contributed by atoms with Crippen LogP contribution in [-0.4, -0.2) is 25.4 Å². The number of hydrogen-bond donors (Lipinski definition) is 1. The van der Waals surface area contributed by atoms with Gasteiger partial charge in [-0.05, 0) is 30.4 Å². The lowest BCUT2D eigenvalue weighted by Gasteiger charge is -2.34. The van der Waals surface area contributed by atoms with Crippen LogP contribution < -0.4 is 5.73 Å². The monoisotopic (exact) mass is 275 g/mol. The summed E-state index contributed by atoms with van der Waals surface area (Å²) in [7, 11) is 0. The fourth-order valence-corrected chi connectivity index (χ4v) is 3.38. The Morgan fingerprint density at radius 3 is 2.85 bits per heavy atom. The zero-order valence-corrected chi connectivity index (χ0v) is 12.1. The van der Waals surface area contributed by atoms with Gasteiger partial charge in [-0.1, -0.05) is 43.5 Å². The van der Waals surface area contributed by atoms with Crippen molar-refractivity contribution in [1.29, 1.82) is 0 Å². The van der Waals surface area contributed by atoms with E-state index in [1.807, 2.05) is 0 Å². The molecule has 1 aromatic rings. The van der Waals surface area contributed by atoms with Crippen molar-refractivity contribution in [2.24, 2.45) is 5.73 Å². The van der Waals surface area contributed by atoms with E-state index in [1.165, 1.54) is 30.4 Å². The van der Waals surface area contributed by atoms with Crippen molar-refractivity contribution >= 4 is 0 Å². The summed E-state index contributed by atoms with van der Waals surface area (Å²) in [6, 6.07) is 8.52. The number of rotatable bonds is 4. The molecule has 1 saturated carbocycles. The molecule has 0 saturated heterocycles. The van der Waals surface area contributed by atoms with Crippen LogP contribution in [0.25, 0.3) is 0 Å². The molecule has 1 aliphatic heterocycles. The van der Waals surface area contributed by atoms with Crippen LogP contribution in [0.2, 0.25) is 0 Å². The number of hydrogen-bond acceptors (Lipinski definition) is 3. The lowest BCUT2D eigenvalue weighted by Crippen LogP contribution is -2.46. The summed E-state index contributed by atoms with van der Waals surface area (Å²) >= 11 is 0. The van der Waals surface area contributed by atoms with E-state index in [4.69, 9.17) is 15.2 Å². The molecule has 2 N–H and O–H groups in total. The minimum atomic E-state index is -0.105. The van der Waals surface area contributed by atoms with E-state index in [2.05, 4.69) is 24.3 Å². The average molecular weight is 275 g/mol. The highest BCUT2D eigenvalue weighted by Crippen LogP contribution is 2.29. The Balaban J connectivity index is 1.54. The van der Waals surface area contributed by atoms with E-state index in [1.54, 1.807) is 0 Å². The first kappa shape index (κ1) is 14.1. The maximum absolute atomic E-state index is 6.40. The summed E-state index contributed by atoms with van der Waals surface area (Å²) in [5.74, 6) is 0. The van der Waals surface area contributed by atoms with Crippen LogP contribution in [0, 0.1) is 0 Å². The standard InChI is InChI=1S/C17H25NO2/c18-17(9-4-1-5-10-17)13-19-12-16-15-7-3-2-6-14(15)8-11-20-16/h2-3,6-7,16H,1,4-5,8-13,18H2. The molecular formula is C17H25NO2. The molecule has 0 bridgehead atoms. The topological polar surface area (TPSA) is 44.5 Å². The molecule has 0 radical (unpaired) electrons. The molecule has 20 heavy (non-hydrogen) atoms. The summed E-state index contributed by atoms with van der Waals surface area (Å²) in [6.07, 6.45) is 7.06. The second-order valence-corrected chi connectivity index (χ2v) is 6.25. The van der Waals surface area contributed by atoms with Crippen LogP contribution in [0.1, 0.15) is 49.3 Å². The molecule has 1 heterocycles. The Hall–Kier alpha value is -0.900. The average Bonchev–Trinajstić information content (AvgIpc) is 2.48. The molecule has 1 aromatic carbocycles. The van der Waals surface area contributed by atoms with Crippen molar-refractivity contribution in [2.45, 2.75) is 50.2 Å². The first-order valence-electron chi connectivity index (χ1n) is 7.83. The van der Waals surface area contributed by atoms with E-state index < -0.39 is 0 Å². The van der Waals surface area contributed by atoms with Gasteiger partial charge in [-0.15, -0.1) is 0 Å². The smallest absolute Gasteiger partial charge is 0.106 e. The summed E-state index contributed by atoms with van der Waals surface area (Å²) in [5.41, 5.74) is 8.98. The van der Waals surface area contributed by atoms with Gasteiger partial charge in [0.15, 0.2) is 0 Å². The third kappa shape index (κ3) is 3.22. The van der Waals surface area contributed by atoms with Crippen LogP contribution in [0.5, 0.6) is 0 Å². The van der Waals surface area contributed by atoms with Crippen LogP contribution in [0.15, 0.2) is 24.3 Å². The summed E-state index contributed by atoms with van der Waals surface area (Å²) in [4.78, 5) is 0. The Kier molecular flexibility index (Phi) is 4.39. The van der Waals surface area contributed by atoms with E-state index in [0.29, 0.717) is 13.2 Å². The number of ether oxygens (including phenoxy) is 2. The van der Waals surface area contributed by atoms with Gasteiger partial charge in [0.2, 0.25) is 0 Å². The zero-order chi connectivity index (χ0) is 13.8. The highest BCUT2D eigenvalue weighted by atomic mass is 16.5. The lowest BCUT2D eigenvalue weighted by molar-refractivity contribution is -0.0390. The fraction of sp³-hybridized carbons (Fsp3) is 0.647. The van der Waals surface area contributed by atoms with Crippen molar-refractivity contribution in [3.8, 4) is 0 Å². The van der Waals surface area contributed by atoms with Gasteiger partial charge in [0, 0.05) is 5.54 Å². The quantitative estimate of drug-likeness (QED) is 0.918. The molecule has 3 heteroatoms. The van der Waals surface area contributed by atoms with Crippen molar-refractivity contribution in [1.82, 2.24) is 0 Å². The Morgan fingerprint density at radius 1 is 1.20 bits per heavy atom. The minimum Gasteiger partial charge on any atom is -0.376 e. The lowest BCUT2D eigenvalue weighted by atomic mass is 9.83. The van der Waals surface area contributed by atoms with E-state index in [9.17, 15) is 0 Å². The molecule has 3 nitrogen and oxygen atoms in total. The molecular weight excluding hydrogens is 250 g/mol. The van der Waals surface area contributed by atoms with Crippen LogP contribution in [0.3, 0.4) is 0 Å². The molecule has 1 fully saturated rings. The van der Waals surface area contributed by atoms with Crippen LogP contribution >= 0.6 is 0 Å². The zero-order valence-electron chi connectivity index (χ0n) is 12.1. The fourth-order valence-electron chi connectivity index (χ4n) is 3.38. The Morgan fingerprint density at radius 2 is 2.00 bits per heavy atom. The Bertz CT molecular complexity index is 440. The molecule has 1 unspecified atom stereocenters. The number of nitrogens with two attached hydrogens (primary N) is 1. The van der Waals surface area contributed by atoms with Crippen molar-refractivity contribution in [3.63, 3.8) is 0 Å². The van der Waals surface area contributed by atoms with Crippen molar-refractivity contribution in [2.75, 3.05) is 19.8 Å². The molecule has 1 atom stereocenters. The third-order valence-electron chi connectivity index (χ3n) is 4.60. The first-order valence-corrected chi connectivity index (χ1v) is 7.83. The van der Waals surface area contributed by atoms with E-state index in [0.717, 1.165) is 25.9 Å². The van der Waals surface area contributed by atoms with Gasteiger partial charge in [-0.2, -0.15) is 0 Å². The van der Waals surface area contributed by atoms with Crippen LogP contribution in [-0.2, 0) is 15.9 Å². The Labute approximate surface area is 121 Å². The SMILES string of the molecule is NC1(COCC2OCCc3ccccc32)CCCCC1. The van der Waals surface area contributed by atoms with Gasteiger partial charge in [0.25, 0.3) is 0 Å². The second kappa shape index (κ2) is 6.25. The van der Waals surface area contributed by atoms with Gasteiger partial charge in [-0.3, -0.25) is 0 Å². The first-order chi connectivity index (χ1) is 9.77. The van der Waals surface area contributed by atoms with Gasteiger partial charge < -0.3 is 15.2 Å². The number of fused-ring (bicyclic) bond motifs is 1. The highest BCUT2D eigenvalue weighted by molar-refractivity contribution is 5.30. The predicted octanol–water partition coefficient (Wildman–Crippen LogP) is 2.98. The number of benzene rings is 1. The maximum Gasteiger partial charge on any atom is 0.106 e. The predicted molar refractivity (Wildman–Crippen MR) is 79.7 cm³/mol. The van der Waals surface area contributed by atoms with Gasteiger partial charge in [0.1, 0.15) is 6.10 Å². The van der Waals surface area contributed by atoms with Gasteiger partial charge in [-0.25, -0.2) is 0 Å². The second-order valence-electron chi connectivity index (χ2n) is 6.25. The molecule has 1 aliphatic carbocycles. The largest absolute Gasteiger partial charge is 0.376 e. The van der Waals surface area contributed by atoms with Crippen molar-refractivity contribution in [3.05, 3.63) is 35.4 Å². The molecule has 2 aliphatic rings. The molecule has 0 amide bonds. The van der Waals surface area contributed by atoms with Crippen LogP contribution in [0.4, 0.5) is 0 Å². The van der Waals surface area contributed by atoms with E-state index >= 15 is 0 Å². The van der Waals surface area contributed by atoms with Gasteiger partial charge in [0.05, 0.1) is 19.8 Å². The minimum absolute atomic E-state index is 0.0761. The van der Waals surface area contributed by atoms with Crippen molar-refractivity contribution < 1.29 is 9.47 Å². The molecule has 0 spiro atoms. The summed E-state index contributed by atoms with van der Waals surface area (Å²) < 4.78 is 11.8. The molecule has 110 valence electrons.